The van der Waals surface area contributed by atoms with Gasteiger partial charge < -0.3 is 14.7 Å². The minimum atomic E-state index is -0.919. The maximum Gasteiger partial charge on any atom is 0.308 e. The summed E-state index contributed by atoms with van der Waals surface area (Å²) in [5, 5.41) is 9.00. The third kappa shape index (κ3) is 2.89. The fraction of sp³-hybridized carbons (Fsp3) is 0.429. The molecule has 0 spiro atoms. The number of hydrogen-bond acceptors (Lipinski definition) is 3. The van der Waals surface area contributed by atoms with E-state index in [0.717, 1.165) is 6.07 Å². The van der Waals surface area contributed by atoms with Gasteiger partial charge in [-0.3, -0.25) is 9.59 Å². The molecule has 1 aliphatic rings. The molecule has 6 heteroatoms. The number of piperidine rings is 1. The second-order valence-corrected chi connectivity index (χ2v) is 4.77. The van der Waals surface area contributed by atoms with Gasteiger partial charge in [-0.05, 0) is 25.0 Å². The minimum Gasteiger partial charge on any atom is -0.497 e. The molecule has 0 saturated carbocycles. The van der Waals surface area contributed by atoms with Crippen molar-refractivity contribution in [2.45, 2.75) is 12.8 Å². The molecule has 1 aliphatic heterocycles. The van der Waals surface area contributed by atoms with Gasteiger partial charge in [-0.1, -0.05) is 0 Å². The number of carboxylic acid groups (broad SMARTS) is 1. The van der Waals surface area contributed by atoms with Gasteiger partial charge in [-0.15, -0.1) is 0 Å². The highest BCUT2D eigenvalue weighted by molar-refractivity contribution is 5.95. The fourth-order valence-electron chi connectivity index (χ4n) is 2.33. The third-order valence-corrected chi connectivity index (χ3v) is 3.46. The summed E-state index contributed by atoms with van der Waals surface area (Å²) in [6, 6.07) is 4.02. The average Bonchev–Trinajstić information content (AvgIpc) is 2.46. The minimum absolute atomic E-state index is 0.0585. The number of carbonyl (C=O) groups is 2. The number of amides is 1. The Morgan fingerprint density at radius 2 is 2.20 bits per heavy atom. The Hall–Kier alpha value is -2.11. The zero-order valence-corrected chi connectivity index (χ0v) is 11.1. The molecule has 0 aliphatic carbocycles. The van der Waals surface area contributed by atoms with Crippen LogP contribution >= 0.6 is 0 Å². The smallest absolute Gasteiger partial charge is 0.308 e. The van der Waals surface area contributed by atoms with Crippen molar-refractivity contribution in [2.24, 2.45) is 5.92 Å². The van der Waals surface area contributed by atoms with Crippen LogP contribution in [0.4, 0.5) is 4.39 Å². The van der Waals surface area contributed by atoms with Crippen LogP contribution < -0.4 is 4.74 Å². The summed E-state index contributed by atoms with van der Waals surface area (Å²) >= 11 is 0. The summed E-state index contributed by atoms with van der Waals surface area (Å²) in [5.41, 5.74) is -0.0585. The molecule has 1 saturated heterocycles. The maximum atomic E-state index is 13.9. The van der Waals surface area contributed by atoms with Crippen molar-refractivity contribution < 1.29 is 23.8 Å². The van der Waals surface area contributed by atoms with Crippen LogP contribution in [0.25, 0.3) is 0 Å². The van der Waals surface area contributed by atoms with Gasteiger partial charge in [0.2, 0.25) is 0 Å². The monoisotopic (exact) mass is 281 g/mol. The summed E-state index contributed by atoms with van der Waals surface area (Å²) in [6.45, 7) is 0.577. The highest BCUT2D eigenvalue weighted by Gasteiger charge is 2.29. The van der Waals surface area contributed by atoms with Gasteiger partial charge in [0.05, 0.1) is 18.6 Å². The Balaban J connectivity index is 2.16. The number of hydrogen-bond donors (Lipinski definition) is 1. The maximum absolute atomic E-state index is 13.9. The molecule has 1 atom stereocenters. The molecular formula is C14H16FNO4. The standard InChI is InChI=1S/C14H16FNO4/c1-20-10-4-5-11(12(15)7-10)13(17)16-6-2-3-9(8-16)14(18)19/h4-5,7,9H,2-3,6,8H2,1H3,(H,18,19)/t9-/m0/s1. The molecule has 0 bridgehead atoms. The van der Waals surface area contributed by atoms with Gasteiger partial charge >= 0.3 is 5.97 Å². The van der Waals surface area contributed by atoms with E-state index in [1.54, 1.807) is 0 Å². The number of methoxy groups -OCH3 is 1. The first-order valence-corrected chi connectivity index (χ1v) is 6.38. The van der Waals surface area contributed by atoms with Crippen molar-refractivity contribution in [2.75, 3.05) is 20.2 Å². The number of likely N-dealkylation sites (tertiary alicyclic amines) is 1. The second-order valence-electron chi connectivity index (χ2n) is 4.77. The largest absolute Gasteiger partial charge is 0.497 e. The van der Waals surface area contributed by atoms with Gasteiger partial charge in [0.15, 0.2) is 0 Å². The molecule has 108 valence electrons. The molecule has 2 rings (SSSR count). The zero-order chi connectivity index (χ0) is 14.7. The first-order chi connectivity index (χ1) is 9.52. The van der Waals surface area contributed by atoms with Crippen molar-refractivity contribution in [3.05, 3.63) is 29.6 Å². The van der Waals surface area contributed by atoms with Crippen molar-refractivity contribution in [1.82, 2.24) is 4.90 Å². The van der Waals surface area contributed by atoms with Crippen molar-refractivity contribution in [3.63, 3.8) is 0 Å². The molecule has 0 unspecified atom stereocenters. The second kappa shape index (κ2) is 5.90. The molecule has 20 heavy (non-hydrogen) atoms. The van der Waals surface area contributed by atoms with Gasteiger partial charge in [0.25, 0.3) is 5.91 Å². The molecule has 5 nitrogen and oxygen atoms in total. The molecule has 0 aromatic heterocycles. The molecule has 1 aromatic carbocycles. The normalized spacial score (nSPS) is 18.7. The number of carboxylic acids is 1. The summed E-state index contributed by atoms with van der Waals surface area (Å²) in [6.07, 6.45) is 1.16. The summed E-state index contributed by atoms with van der Waals surface area (Å²) < 4.78 is 18.7. The van der Waals surface area contributed by atoms with Gasteiger partial charge in [-0.2, -0.15) is 0 Å². The lowest BCUT2D eigenvalue weighted by Gasteiger charge is -2.30. The van der Waals surface area contributed by atoms with Crippen molar-refractivity contribution in [1.29, 1.82) is 0 Å². The Morgan fingerprint density at radius 3 is 2.80 bits per heavy atom. The number of nitrogens with zero attached hydrogens (tertiary/aromatic N) is 1. The lowest BCUT2D eigenvalue weighted by atomic mass is 9.97. The van der Waals surface area contributed by atoms with Crippen LogP contribution in [0.3, 0.4) is 0 Å². The number of benzene rings is 1. The quantitative estimate of drug-likeness (QED) is 0.917. The van der Waals surface area contributed by atoms with E-state index in [0.29, 0.717) is 25.1 Å². The van der Waals surface area contributed by atoms with E-state index in [1.807, 2.05) is 0 Å². The number of aliphatic carboxylic acids is 1. The third-order valence-electron chi connectivity index (χ3n) is 3.46. The first-order valence-electron chi connectivity index (χ1n) is 6.38. The number of halogens is 1. The van der Waals surface area contributed by atoms with Crippen LogP contribution in [0.2, 0.25) is 0 Å². The van der Waals surface area contributed by atoms with E-state index in [2.05, 4.69) is 0 Å². The predicted molar refractivity (Wildman–Crippen MR) is 69.2 cm³/mol. The molecular weight excluding hydrogens is 265 g/mol. The predicted octanol–water partition coefficient (Wildman–Crippen LogP) is 1.77. The van der Waals surface area contributed by atoms with Crippen molar-refractivity contribution in [3.8, 4) is 5.75 Å². The van der Waals surface area contributed by atoms with E-state index in [-0.39, 0.29) is 12.1 Å². The number of ether oxygens (including phenoxy) is 1. The Bertz CT molecular complexity index is 532. The molecule has 1 aromatic rings. The van der Waals surface area contributed by atoms with Gasteiger partial charge in [0, 0.05) is 19.2 Å². The lowest BCUT2D eigenvalue weighted by Crippen LogP contribution is -2.42. The first kappa shape index (κ1) is 14.3. The van der Waals surface area contributed by atoms with E-state index < -0.39 is 23.6 Å². The van der Waals surface area contributed by atoms with Crippen LogP contribution in [0.1, 0.15) is 23.2 Å². The Kier molecular flexibility index (Phi) is 4.22. The topological polar surface area (TPSA) is 66.8 Å². The van der Waals surface area contributed by atoms with E-state index >= 15 is 0 Å². The van der Waals surface area contributed by atoms with Crippen LogP contribution in [0, 0.1) is 11.7 Å². The van der Waals surface area contributed by atoms with Crippen LogP contribution in [-0.2, 0) is 4.79 Å². The Labute approximate surface area is 116 Å². The molecule has 1 fully saturated rings. The SMILES string of the molecule is COc1ccc(C(=O)N2CCC[C@H](C(=O)O)C2)c(F)c1. The summed E-state index contributed by atoms with van der Waals surface area (Å²) in [4.78, 5) is 24.6. The highest BCUT2D eigenvalue weighted by Crippen LogP contribution is 2.22. The summed E-state index contributed by atoms with van der Waals surface area (Å²) in [5.74, 6) is -2.30. The fourth-order valence-corrected chi connectivity index (χ4v) is 2.33. The molecule has 1 N–H and O–H groups in total. The number of carbonyl (C=O) groups excluding carboxylic acids is 1. The Morgan fingerprint density at radius 1 is 1.45 bits per heavy atom. The van der Waals surface area contributed by atoms with Crippen LogP contribution in [0.5, 0.6) is 5.75 Å². The molecule has 0 radical (unpaired) electrons. The average molecular weight is 281 g/mol. The zero-order valence-electron chi connectivity index (χ0n) is 11.1. The summed E-state index contributed by atoms with van der Waals surface area (Å²) in [7, 11) is 1.42. The molecule has 1 heterocycles. The van der Waals surface area contributed by atoms with Crippen LogP contribution in [0.15, 0.2) is 18.2 Å². The van der Waals surface area contributed by atoms with Gasteiger partial charge in [-0.25, -0.2) is 4.39 Å². The van der Waals surface area contributed by atoms with Gasteiger partial charge in [0.1, 0.15) is 11.6 Å². The van der Waals surface area contributed by atoms with Crippen LogP contribution in [-0.4, -0.2) is 42.1 Å². The highest BCUT2D eigenvalue weighted by atomic mass is 19.1. The van der Waals surface area contributed by atoms with E-state index in [1.165, 1.54) is 24.1 Å². The number of rotatable bonds is 3. The molecule has 1 amide bonds. The lowest BCUT2D eigenvalue weighted by molar-refractivity contribution is -0.143. The van der Waals surface area contributed by atoms with E-state index in [4.69, 9.17) is 9.84 Å². The van der Waals surface area contributed by atoms with Crippen molar-refractivity contribution >= 4 is 11.9 Å². The van der Waals surface area contributed by atoms with E-state index in [9.17, 15) is 14.0 Å².